The van der Waals surface area contributed by atoms with E-state index in [1.165, 1.54) is 17.4 Å². The molecule has 2 aliphatic heterocycles. The van der Waals surface area contributed by atoms with Crippen LogP contribution in [-0.2, 0) is 0 Å². The zero-order chi connectivity index (χ0) is 17.2. The molecule has 0 radical (unpaired) electrons. The summed E-state index contributed by atoms with van der Waals surface area (Å²) >= 11 is 1.42. The summed E-state index contributed by atoms with van der Waals surface area (Å²) in [5.74, 6) is 0.746. The van der Waals surface area contributed by atoms with Crippen LogP contribution in [0.25, 0.3) is 5.70 Å². The summed E-state index contributed by atoms with van der Waals surface area (Å²) in [5, 5.41) is 14.5. The van der Waals surface area contributed by atoms with Crippen molar-refractivity contribution in [2.24, 2.45) is 0 Å². The van der Waals surface area contributed by atoms with E-state index in [1.54, 1.807) is 0 Å². The number of fused-ring (bicyclic) bond motifs is 1. The molecule has 4 nitrogen and oxygen atoms in total. The lowest BCUT2D eigenvalue weighted by Gasteiger charge is -2.29. The fourth-order valence-corrected chi connectivity index (χ4v) is 3.86. The second kappa shape index (κ2) is 6.42. The van der Waals surface area contributed by atoms with E-state index in [2.05, 4.69) is 16.3 Å². The minimum Gasteiger partial charge on any atom is -0.369 e. The lowest BCUT2D eigenvalue weighted by atomic mass is 9.94. The summed E-state index contributed by atoms with van der Waals surface area (Å²) in [6, 6.07) is 15.8. The number of benzene rings is 1. The van der Waals surface area contributed by atoms with Crippen molar-refractivity contribution in [3.05, 3.63) is 87.4 Å². The van der Waals surface area contributed by atoms with Crippen LogP contribution in [-0.4, -0.2) is 23.8 Å². The Balaban J connectivity index is 1.86. The highest BCUT2D eigenvalue weighted by Crippen LogP contribution is 2.37. The normalized spacial score (nSPS) is 17.8. The summed E-state index contributed by atoms with van der Waals surface area (Å²) in [6.45, 7) is 1.55. The molecule has 2 aliphatic rings. The maximum atomic E-state index is 13.0. The Labute approximate surface area is 150 Å². The Morgan fingerprint density at radius 2 is 2.08 bits per heavy atom. The summed E-state index contributed by atoms with van der Waals surface area (Å²) in [4.78, 5) is 15.8. The molecule has 0 aliphatic carbocycles. The van der Waals surface area contributed by atoms with Crippen molar-refractivity contribution in [2.75, 3.05) is 13.1 Å². The van der Waals surface area contributed by atoms with E-state index < -0.39 is 0 Å². The lowest BCUT2D eigenvalue weighted by molar-refractivity contribution is 0.103. The first-order valence-corrected chi connectivity index (χ1v) is 8.88. The molecule has 2 aromatic rings. The molecule has 0 unspecified atom stereocenters. The van der Waals surface area contributed by atoms with Crippen LogP contribution >= 0.6 is 11.3 Å². The lowest BCUT2D eigenvalue weighted by Crippen LogP contribution is -2.27. The van der Waals surface area contributed by atoms with E-state index in [9.17, 15) is 10.1 Å². The number of carbonyl (C=O) groups is 1. The molecule has 122 valence electrons. The van der Waals surface area contributed by atoms with Gasteiger partial charge in [-0.05, 0) is 23.1 Å². The highest BCUT2D eigenvalue weighted by atomic mass is 32.1. The Morgan fingerprint density at radius 1 is 1.24 bits per heavy atom. The number of allylic oxidation sites excluding steroid dienone is 4. The number of hydrogen-bond donors (Lipinski definition) is 1. The van der Waals surface area contributed by atoms with Gasteiger partial charge in [0.2, 0.25) is 5.78 Å². The van der Waals surface area contributed by atoms with Gasteiger partial charge in [0, 0.05) is 24.7 Å². The molecule has 25 heavy (non-hydrogen) atoms. The first-order chi connectivity index (χ1) is 12.3. The van der Waals surface area contributed by atoms with E-state index in [0.29, 0.717) is 16.0 Å². The van der Waals surface area contributed by atoms with Crippen LogP contribution in [0.4, 0.5) is 0 Å². The van der Waals surface area contributed by atoms with Crippen molar-refractivity contribution in [3.8, 4) is 6.07 Å². The average Bonchev–Trinajstić information content (AvgIpc) is 3.33. The number of Topliss-reactive ketones (excluding diaryl/α,β-unsaturated/α-hetero) is 1. The van der Waals surface area contributed by atoms with Crippen LogP contribution in [0.2, 0.25) is 0 Å². The third kappa shape index (κ3) is 2.67. The van der Waals surface area contributed by atoms with Crippen LogP contribution in [0.3, 0.4) is 0 Å². The number of ketones is 1. The molecule has 1 fully saturated rings. The largest absolute Gasteiger partial charge is 0.369 e. The zero-order valence-electron chi connectivity index (χ0n) is 13.4. The van der Waals surface area contributed by atoms with Crippen molar-refractivity contribution >= 4 is 22.8 Å². The molecule has 0 atom stereocenters. The Morgan fingerprint density at radius 3 is 2.80 bits per heavy atom. The van der Waals surface area contributed by atoms with Gasteiger partial charge in [-0.3, -0.25) is 4.79 Å². The number of nitrogens with zero attached hydrogens (tertiary/aromatic N) is 2. The molecule has 4 rings (SSSR count). The average molecular weight is 345 g/mol. The fourth-order valence-electron chi connectivity index (χ4n) is 3.19. The van der Waals surface area contributed by atoms with Gasteiger partial charge in [-0.1, -0.05) is 36.4 Å². The number of carbonyl (C=O) groups excluding carboxylic acids is 1. The monoisotopic (exact) mass is 345 g/mol. The van der Waals surface area contributed by atoms with E-state index in [1.807, 2.05) is 53.9 Å². The predicted octanol–water partition coefficient (Wildman–Crippen LogP) is 3.55. The number of thiophene rings is 1. The smallest absolute Gasteiger partial charge is 0.207 e. The second-order valence-corrected chi connectivity index (χ2v) is 6.68. The van der Waals surface area contributed by atoms with Crippen LogP contribution in [0, 0.1) is 11.3 Å². The molecular formula is C20H15N3OS. The van der Waals surface area contributed by atoms with Crippen LogP contribution < -0.4 is 5.32 Å². The molecule has 5 heteroatoms. The molecule has 0 spiro atoms. The van der Waals surface area contributed by atoms with E-state index in [0.717, 1.165) is 30.2 Å². The standard InChI is InChI=1S/C20H15N3OS/c21-9-8-15-13-16(14-5-2-1-3-6-14)23-11-10-22-20(23)18(15)19(24)17-7-4-12-25-17/h1-8,12-13,22H,10-11H2/b15-8+. The number of rotatable bonds is 3. The summed E-state index contributed by atoms with van der Waals surface area (Å²) in [7, 11) is 0. The van der Waals surface area contributed by atoms with Gasteiger partial charge < -0.3 is 10.2 Å². The van der Waals surface area contributed by atoms with Crippen LogP contribution in [0.15, 0.2) is 77.0 Å². The summed E-state index contributed by atoms with van der Waals surface area (Å²) < 4.78 is 0. The van der Waals surface area contributed by atoms with Gasteiger partial charge >= 0.3 is 0 Å². The summed E-state index contributed by atoms with van der Waals surface area (Å²) in [5.41, 5.74) is 3.29. The Hall–Kier alpha value is -3.10. The molecular weight excluding hydrogens is 330 g/mol. The first kappa shape index (κ1) is 15.4. The van der Waals surface area contributed by atoms with Crippen molar-refractivity contribution in [1.29, 1.82) is 5.26 Å². The van der Waals surface area contributed by atoms with Crippen LogP contribution in [0.1, 0.15) is 15.2 Å². The molecule has 1 aromatic carbocycles. The third-order valence-corrected chi connectivity index (χ3v) is 5.14. The highest BCUT2D eigenvalue weighted by molar-refractivity contribution is 7.12. The first-order valence-electron chi connectivity index (χ1n) is 8.01. The minimum absolute atomic E-state index is 0.0470. The molecule has 0 saturated carbocycles. The maximum absolute atomic E-state index is 13.0. The van der Waals surface area contributed by atoms with Gasteiger partial charge in [0.05, 0.1) is 22.2 Å². The summed E-state index contributed by atoms with van der Waals surface area (Å²) in [6.07, 6.45) is 3.39. The van der Waals surface area contributed by atoms with Crippen LogP contribution in [0.5, 0.6) is 0 Å². The van der Waals surface area contributed by atoms with Gasteiger partial charge in [-0.25, -0.2) is 0 Å². The number of hydrogen-bond acceptors (Lipinski definition) is 5. The molecule has 3 heterocycles. The highest BCUT2D eigenvalue weighted by Gasteiger charge is 2.33. The van der Waals surface area contributed by atoms with E-state index in [-0.39, 0.29) is 5.78 Å². The fraction of sp³-hybridized carbons (Fsp3) is 0.100. The van der Waals surface area contributed by atoms with Gasteiger partial charge in [0.25, 0.3) is 0 Å². The molecule has 1 N–H and O–H groups in total. The number of nitrogens with one attached hydrogen (secondary N) is 1. The second-order valence-electron chi connectivity index (χ2n) is 5.73. The van der Waals surface area contributed by atoms with Gasteiger partial charge in [-0.15, -0.1) is 11.3 Å². The van der Waals surface area contributed by atoms with Gasteiger partial charge in [0.1, 0.15) is 5.82 Å². The van der Waals surface area contributed by atoms with Gasteiger partial charge in [-0.2, -0.15) is 5.26 Å². The van der Waals surface area contributed by atoms with Crippen molar-refractivity contribution in [2.45, 2.75) is 0 Å². The molecule has 0 amide bonds. The van der Waals surface area contributed by atoms with E-state index in [4.69, 9.17) is 0 Å². The minimum atomic E-state index is -0.0470. The predicted molar refractivity (Wildman–Crippen MR) is 98.5 cm³/mol. The van der Waals surface area contributed by atoms with Gasteiger partial charge in [0.15, 0.2) is 0 Å². The van der Waals surface area contributed by atoms with Crippen molar-refractivity contribution in [3.63, 3.8) is 0 Å². The SMILES string of the molecule is N#C/C=C1\C=C(c2ccccc2)N2CCNC2=C1C(=O)c1cccs1. The molecule has 1 aromatic heterocycles. The maximum Gasteiger partial charge on any atom is 0.207 e. The van der Waals surface area contributed by atoms with E-state index >= 15 is 0 Å². The van der Waals surface area contributed by atoms with Crippen molar-refractivity contribution in [1.82, 2.24) is 10.2 Å². The molecule has 0 bridgehead atoms. The molecule has 1 saturated heterocycles. The Bertz CT molecular complexity index is 947. The topological polar surface area (TPSA) is 56.1 Å². The Kier molecular flexibility index (Phi) is 3.96. The van der Waals surface area contributed by atoms with Crippen molar-refractivity contribution < 1.29 is 4.79 Å². The number of nitriles is 1. The zero-order valence-corrected chi connectivity index (χ0v) is 14.2. The third-order valence-electron chi connectivity index (χ3n) is 4.27. The quantitative estimate of drug-likeness (QED) is 0.683.